The highest BCUT2D eigenvalue weighted by Gasteiger charge is 2.18. The van der Waals surface area contributed by atoms with Gasteiger partial charge in [-0.25, -0.2) is 0 Å². The van der Waals surface area contributed by atoms with Gasteiger partial charge in [-0.05, 0) is 6.42 Å². The number of hydrogen-bond donors (Lipinski definition) is 1. The predicted molar refractivity (Wildman–Crippen MR) is 34.4 cm³/mol. The van der Waals surface area contributed by atoms with E-state index in [1.54, 1.807) is 0 Å². The van der Waals surface area contributed by atoms with Gasteiger partial charge in [-0.1, -0.05) is 5.21 Å². The first-order valence-corrected chi connectivity index (χ1v) is 3.42. The van der Waals surface area contributed by atoms with Gasteiger partial charge in [-0.15, -0.1) is 5.10 Å². The van der Waals surface area contributed by atoms with E-state index >= 15 is 0 Å². The van der Waals surface area contributed by atoms with Crippen LogP contribution in [-0.2, 0) is 11.2 Å². The molecule has 2 rings (SSSR count). The molecule has 0 aliphatic carbocycles. The number of nitrogens with one attached hydrogen (secondary N) is 1. The van der Waals surface area contributed by atoms with E-state index < -0.39 is 0 Å². The monoisotopic (exact) mass is 139 g/mol. The molecule has 1 fully saturated rings. The molecule has 0 saturated carbocycles. The van der Waals surface area contributed by atoms with E-state index in [9.17, 15) is 0 Å². The molecule has 0 amide bonds. The topological polar surface area (TPSA) is 50.8 Å². The Bertz CT molecular complexity index is 193. The maximum atomic E-state index is 5.22. The van der Waals surface area contributed by atoms with E-state index in [2.05, 4.69) is 15.4 Å². The highest BCUT2D eigenvalue weighted by molar-refractivity contribution is 4.94. The summed E-state index contributed by atoms with van der Waals surface area (Å²) in [6, 6.07) is 0. The SMILES string of the molecule is c1[nH]nnc1CC1CCO1. The van der Waals surface area contributed by atoms with E-state index in [0.29, 0.717) is 6.10 Å². The van der Waals surface area contributed by atoms with Crippen molar-refractivity contribution < 1.29 is 4.74 Å². The quantitative estimate of drug-likeness (QED) is 0.633. The Morgan fingerprint density at radius 1 is 1.80 bits per heavy atom. The Labute approximate surface area is 58.6 Å². The lowest BCUT2D eigenvalue weighted by Crippen LogP contribution is -2.28. The molecule has 1 aromatic rings. The second-order valence-electron chi connectivity index (χ2n) is 2.45. The summed E-state index contributed by atoms with van der Waals surface area (Å²) < 4.78 is 5.22. The number of aromatic amines is 1. The van der Waals surface area contributed by atoms with Crippen molar-refractivity contribution >= 4 is 0 Å². The van der Waals surface area contributed by atoms with Crippen molar-refractivity contribution in [3.8, 4) is 0 Å². The van der Waals surface area contributed by atoms with Crippen LogP contribution in [0.1, 0.15) is 12.1 Å². The van der Waals surface area contributed by atoms with Crippen LogP contribution in [0, 0.1) is 0 Å². The summed E-state index contributed by atoms with van der Waals surface area (Å²) in [6.07, 6.45) is 4.26. The average molecular weight is 139 g/mol. The Balaban J connectivity index is 1.90. The third-order valence-corrected chi connectivity index (χ3v) is 1.70. The highest BCUT2D eigenvalue weighted by atomic mass is 16.5. The van der Waals surface area contributed by atoms with E-state index in [-0.39, 0.29) is 0 Å². The van der Waals surface area contributed by atoms with Crippen LogP contribution in [0.2, 0.25) is 0 Å². The molecule has 0 spiro atoms. The second-order valence-corrected chi connectivity index (χ2v) is 2.45. The molecule has 10 heavy (non-hydrogen) atoms. The van der Waals surface area contributed by atoms with Gasteiger partial charge < -0.3 is 4.74 Å². The van der Waals surface area contributed by atoms with E-state index in [1.807, 2.05) is 6.20 Å². The van der Waals surface area contributed by atoms with E-state index in [1.165, 1.54) is 0 Å². The first kappa shape index (κ1) is 5.85. The lowest BCUT2D eigenvalue weighted by molar-refractivity contribution is -0.0496. The van der Waals surface area contributed by atoms with Gasteiger partial charge in [-0.2, -0.15) is 0 Å². The van der Waals surface area contributed by atoms with Crippen molar-refractivity contribution in [3.63, 3.8) is 0 Å². The van der Waals surface area contributed by atoms with Crippen LogP contribution in [0.25, 0.3) is 0 Å². The molecule has 4 heteroatoms. The molecule has 0 bridgehead atoms. The molecule has 2 heterocycles. The fourth-order valence-electron chi connectivity index (χ4n) is 1.00. The maximum Gasteiger partial charge on any atom is 0.0850 e. The Kier molecular flexibility index (Phi) is 1.39. The third kappa shape index (κ3) is 1.02. The van der Waals surface area contributed by atoms with Crippen LogP contribution in [0.4, 0.5) is 0 Å². The summed E-state index contributed by atoms with van der Waals surface area (Å²) in [5, 5.41) is 10.1. The normalized spacial score (nSPS) is 24.2. The fraction of sp³-hybridized carbons (Fsp3) is 0.667. The molecule has 1 aliphatic heterocycles. The van der Waals surface area contributed by atoms with Gasteiger partial charge in [0.05, 0.1) is 11.8 Å². The molecule has 1 aromatic heterocycles. The maximum absolute atomic E-state index is 5.22. The largest absolute Gasteiger partial charge is 0.378 e. The van der Waals surface area contributed by atoms with Gasteiger partial charge in [-0.3, -0.25) is 5.10 Å². The van der Waals surface area contributed by atoms with Crippen molar-refractivity contribution in [1.82, 2.24) is 15.4 Å². The van der Waals surface area contributed by atoms with Crippen LogP contribution in [0.15, 0.2) is 6.20 Å². The zero-order valence-electron chi connectivity index (χ0n) is 5.58. The molecular formula is C6H9N3O. The molecule has 1 aliphatic rings. The minimum atomic E-state index is 0.394. The molecule has 1 saturated heterocycles. The zero-order chi connectivity index (χ0) is 6.81. The fourth-order valence-corrected chi connectivity index (χ4v) is 1.00. The van der Waals surface area contributed by atoms with Crippen LogP contribution in [-0.4, -0.2) is 28.1 Å². The second kappa shape index (κ2) is 2.38. The van der Waals surface area contributed by atoms with Crippen LogP contribution < -0.4 is 0 Å². The Morgan fingerprint density at radius 3 is 3.20 bits per heavy atom. The molecule has 1 unspecified atom stereocenters. The minimum Gasteiger partial charge on any atom is -0.378 e. The van der Waals surface area contributed by atoms with Gasteiger partial charge in [0.2, 0.25) is 0 Å². The molecule has 0 aromatic carbocycles. The standard InChI is InChI=1S/C6H9N3O/c1-2-10-6(1)3-5-4-7-9-8-5/h4,6H,1-3H2,(H,7,8,9). The molecule has 1 N–H and O–H groups in total. The summed E-state index contributed by atoms with van der Waals surface area (Å²) in [6.45, 7) is 0.905. The van der Waals surface area contributed by atoms with Crippen LogP contribution in [0.3, 0.4) is 0 Å². The summed E-state index contributed by atoms with van der Waals surface area (Å²) in [7, 11) is 0. The van der Waals surface area contributed by atoms with Crippen molar-refractivity contribution in [1.29, 1.82) is 0 Å². The first-order valence-electron chi connectivity index (χ1n) is 3.42. The van der Waals surface area contributed by atoms with Gasteiger partial charge in [0.25, 0.3) is 0 Å². The zero-order valence-corrected chi connectivity index (χ0v) is 5.58. The molecule has 4 nitrogen and oxygen atoms in total. The summed E-state index contributed by atoms with van der Waals surface area (Å²) in [5.41, 5.74) is 0.990. The summed E-state index contributed by atoms with van der Waals surface area (Å²) in [5.74, 6) is 0. The number of H-pyrrole nitrogens is 1. The number of hydrogen-bond acceptors (Lipinski definition) is 3. The van der Waals surface area contributed by atoms with Crippen molar-refractivity contribution in [2.75, 3.05) is 6.61 Å². The number of nitrogens with zero attached hydrogens (tertiary/aromatic N) is 2. The lowest BCUT2D eigenvalue weighted by atomic mass is 10.1. The van der Waals surface area contributed by atoms with Gasteiger partial charge in [0.1, 0.15) is 0 Å². The molecule has 54 valence electrons. The number of rotatable bonds is 2. The van der Waals surface area contributed by atoms with Gasteiger partial charge in [0.15, 0.2) is 0 Å². The smallest absolute Gasteiger partial charge is 0.0850 e. The van der Waals surface area contributed by atoms with Gasteiger partial charge >= 0.3 is 0 Å². The number of aromatic nitrogens is 3. The number of ether oxygens (including phenoxy) is 1. The predicted octanol–water partition coefficient (Wildman–Crippen LogP) is 0.136. The minimum absolute atomic E-state index is 0.394. The summed E-state index contributed by atoms with van der Waals surface area (Å²) in [4.78, 5) is 0. The Hall–Kier alpha value is -0.900. The molecule has 0 radical (unpaired) electrons. The highest BCUT2D eigenvalue weighted by Crippen LogP contribution is 2.14. The lowest BCUT2D eigenvalue weighted by Gasteiger charge is -2.25. The Morgan fingerprint density at radius 2 is 2.70 bits per heavy atom. The average Bonchev–Trinajstić information content (AvgIpc) is 2.29. The molecular weight excluding hydrogens is 130 g/mol. The van der Waals surface area contributed by atoms with Crippen molar-refractivity contribution in [2.45, 2.75) is 18.9 Å². The van der Waals surface area contributed by atoms with E-state index in [0.717, 1.165) is 25.1 Å². The molecule has 1 atom stereocenters. The van der Waals surface area contributed by atoms with Crippen LogP contribution >= 0.6 is 0 Å². The van der Waals surface area contributed by atoms with Crippen LogP contribution in [0.5, 0.6) is 0 Å². The first-order chi connectivity index (χ1) is 4.95. The third-order valence-electron chi connectivity index (χ3n) is 1.70. The van der Waals surface area contributed by atoms with E-state index in [4.69, 9.17) is 4.74 Å². The van der Waals surface area contributed by atoms with Gasteiger partial charge in [0, 0.05) is 19.2 Å². The van der Waals surface area contributed by atoms with Crippen molar-refractivity contribution in [3.05, 3.63) is 11.9 Å². The summed E-state index contributed by atoms with van der Waals surface area (Å²) >= 11 is 0. The van der Waals surface area contributed by atoms with Crippen molar-refractivity contribution in [2.24, 2.45) is 0 Å².